The van der Waals surface area contributed by atoms with Gasteiger partial charge in [-0.25, -0.2) is 0 Å². The van der Waals surface area contributed by atoms with Crippen LogP contribution in [0.3, 0.4) is 0 Å². The first kappa shape index (κ1) is 10.9. The van der Waals surface area contributed by atoms with Gasteiger partial charge in [0.15, 0.2) is 0 Å². The van der Waals surface area contributed by atoms with E-state index in [2.05, 4.69) is 13.8 Å². The first-order valence-corrected chi connectivity index (χ1v) is 4.58. The van der Waals surface area contributed by atoms with Crippen molar-refractivity contribution >= 4 is 0 Å². The zero-order chi connectivity index (χ0) is 8.74. The van der Waals surface area contributed by atoms with Gasteiger partial charge in [0.05, 0.1) is 5.60 Å². The van der Waals surface area contributed by atoms with Crippen LogP contribution in [0.25, 0.3) is 0 Å². The molecular formula is C9H21NO. The van der Waals surface area contributed by atoms with Crippen LogP contribution in [-0.4, -0.2) is 18.8 Å². The van der Waals surface area contributed by atoms with Crippen molar-refractivity contribution in [2.45, 2.75) is 45.6 Å². The molecule has 0 aliphatic carbocycles. The van der Waals surface area contributed by atoms with Gasteiger partial charge in [-0.2, -0.15) is 0 Å². The molecule has 0 aromatic rings. The van der Waals surface area contributed by atoms with Crippen LogP contribution in [0.1, 0.15) is 40.0 Å². The molecule has 0 heterocycles. The fourth-order valence-corrected chi connectivity index (χ4v) is 1.45. The maximum Gasteiger partial charge on any atom is 0.0689 e. The minimum atomic E-state index is 0.0590. The van der Waals surface area contributed by atoms with E-state index >= 15 is 0 Å². The van der Waals surface area contributed by atoms with E-state index in [9.17, 15) is 0 Å². The molecule has 0 amide bonds. The Morgan fingerprint density at radius 3 is 2.00 bits per heavy atom. The molecule has 0 aromatic heterocycles. The molecule has 0 aromatic carbocycles. The third kappa shape index (κ3) is 3.21. The molecule has 68 valence electrons. The fourth-order valence-electron chi connectivity index (χ4n) is 1.45. The maximum absolute atomic E-state index is 5.69. The van der Waals surface area contributed by atoms with Crippen molar-refractivity contribution < 1.29 is 4.74 Å². The van der Waals surface area contributed by atoms with Crippen LogP contribution in [0.4, 0.5) is 0 Å². The van der Waals surface area contributed by atoms with Gasteiger partial charge in [-0.1, -0.05) is 13.8 Å². The fraction of sp³-hybridized carbons (Fsp3) is 1.00. The molecular weight excluding hydrogens is 138 g/mol. The van der Waals surface area contributed by atoms with Gasteiger partial charge >= 0.3 is 0 Å². The number of rotatable bonds is 6. The highest BCUT2D eigenvalue weighted by Crippen LogP contribution is 2.23. The summed E-state index contributed by atoms with van der Waals surface area (Å²) >= 11 is 0. The van der Waals surface area contributed by atoms with E-state index in [1.165, 1.54) is 0 Å². The lowest BCUT2D eigenvalue weighted by Gasteiger charge is -2.31. The summed E-state index contributed by atoms with van der Waals surface area (Å²) in [5.41, 5.74) is 5.58. The van der Waals surface area contributed by atoms with E-state index in [4.69, 9.17) is 10.5 Å². The molecule has 0 fully saturated rings. The molecule has 0 unspecified atom stereocenters. The maximum atomic E-state index is 5.69. The van der Waals surface area contributed by atoms with Crippen LogP contribution in [0, 0.1) is 0 Å². The Morgan fingerprint density at radius 1 is 1.18 bits per heavy atom. The molecule has 0 bridgehead atoms. The lowest BCUT2D eigenvalue weighted by atomic mass is 9.93. The molecule has 2 nitrogen and oxygen atoms in total. The average molecular weight is 159 g/mol. The van der Waals surface area contributed by atoms with Crippen LogP contribution < -0.4 is 5.73 Å². The number of hydrogen-bond donors (Lipinski definition) is 1. The van der Waals surface area contributed by atoms with Crippen molar-refractivity contribution in [3.05, 3.63) is 0 Å². The second-order valence-corrected chi connectivity index (χ2v) is 2.86. The van der Waals surface area contributed by atoms with E-state index in [-0.39, 0.29) is 5.60 Å². The third-order valence-electron chi connectivity index (χ3n) is 2.34. The summed E-state index contributed by atoms with van der Waals surface area (Å²) in [6.07, 6.45) is 3.11. The van der Waals surface area contributed by atoms with Gasteiger partial charge in [0.1, 0.15) is 0 Å². The Labute approximate surface area is 70.1 Å². The highest BCUT2D eigenvalue weighted by atomic mass is 16.5. The number of nitrogens with two attached hydrogens (primary N) is 1. The first-order chi connectivity index (χ1) is 5.24. The summed E-state index contributed by atoms with van der Waals surface area (Å²) in [6, 6.07) is 0. The predicted molar refractivity (Wildman–Crippen MR) is 48.6 cm³/mol. The van der Waals surface area contributed by atoms with Crippen LogP contribution in [-0.2, 0) is 4.74 Å². The molecule has 0 saturated carbocycles. The molecule has 0 atom stereocenters. The summed E-state index contributed by atoms with van der Waals surface area (Å²) in [4.78, 5) is 0. The summed E-state index contributed by atoms with van der Waals surface area (Å²) in [7, 11) is 0. The third-order valence-corrected chi connectivity index (χ3v) is 2.34. The van der Waals surface area contributed by atoms with E-state index in [1.807, 2.05) is 6.92 Å². The first-order valence-electron chi connectivity index (χ1n) is 4.58. The van der Waals surface area contributed by atoms with Crippen LogP contribution >= 0.6 is 0 Å². The molecule has 0 aliphatic rings. The average Bonchev–Trinajstić information content (AvgIpc) is 2.04. The van der Waals surface area contributed by atoms with Gasteiger partial charge in [-0.3, -0.25) is 0 Å². The van der Waals surface area contributed by atoms with Gasteiger partial charge < -0.3 is 10.5 Å². The normalized spacial score (nSPS) is 12.0. The minimum absolute atomic E-state index is 0.0590. The summed E-state index contributed by atoms with van der Waals surface area (Å²) in [5.74, 6) is 0. The standard InChI is InChI=1S/C9H21NO/c1-4-9(5-2,7-8-10)11-6-3/h4-8,10H2,1-3H3. The summed E-state index contributed by atoms with van der Waals surface area (Å²) < 4.78 is 5.69. The molecule has 0 aliphatic heterocycles. The Balaban J connectivity index is 3.96. The topological polar surface area (TPSA) is 35.2 Å². The Kier molecular flexibility index (Phi) is 5.51. The smallest absolute Gasteiger partial charge is 0.0689 e. The van der Waals surface area contributed by atoms with Crippen molar-refractivity contribution in [2.24, 2.45) is 5.73 Å². The molecule has 0 spiro atoms. The second-order valence-electron chi connectivity index (χ2n) is 2.86. The molecule has 0 rings (SSSR count). The zero-order valence-corrected chi connectivity index (χ0v) is 8.02. The molecule has 0 saturated heterocycles. The van der Waals surface area contributed by atoms with Crippen LogP contribution in [0.2, 0.25) is 0 Å². The Hall–Kier alpha value is -0.0800. The zero-order valence-electron chi connectivity index (χ0n) is 8.02. The van der Waals surface area contributed by atoms with Crippen molar-refractivity contribution in [2.75, 3.05) is 13.2 Å². The number of ether oxygens (including phenoxy) is 1. The minimum Gasteiger partial charge on any atom is -0.375 e. The Morgan fingerprint density at radius 2 is 1.73 bits per heavy atom. The summed E-state index contributed by atoms with van der Waals surface area (Å²) in [6.45, 7) is 7.88. The lowest BCUT2D eigenvalue weighted by Crippen LogP contribution is -2.33. The SMILES string of the molecule is CCOC(CC)(CC)CCN. The number of hydrogen-bond acceptors (Lipinski definition) is 2. The van der Waals surface area contributed by atoms with Crippen molar-refractivity contribution in [3.63, 3.8) is 0 Å². The van der Waals surface area contributed by atoms with Crippen molar-refractivity contribution in [3.8, 4) is 0 Å². The van der Waals surface area contributed by atoms with Gasteiger partial charge in [-0.15, -0.1) is 0 Å². The van der Waals surface area contributed by atoms with E-state index in [1.54, 1.807) is 0 Å². The second kappa shape index (κ2) is 5.56. The monoisotopic (exact) mass is 159 g/mol. The van der Waals surface area contributed by atoms with Crippen LogP contribution in [0.15, 0.2) is 0 Å². The molecule has 2 N–H and O–H groups in total. The summed E-state index contributed by atoms with van der Waals surface area (Å²) in [5, 5.41) is 0. The Bertz CT molecular complexity index is 81.6. The van der Waals surface area contributed by atoms with Crippen molar-refractivity contribution in [1.29, 1.82) is 0 Å². The quantitative estimate of drug-likeness (QED) is 0.642. The predicted octanol–water partition coefficient (Wildman–Crippen LogP) is 1.93. The van der Waals surface area contributed by atoms with Gasteiger partial charge in [0.2, 0.25) is 0 Å². The largest absolute Gasteiger partial charge is 0.375 e. The van der Waals surface area contributed by atoms with Crippen LogP contribution in [0.5, 0.6) is 0 Å². The lowest BCUT2D eigenvalue weighted by molar-refractivity contribution is -0.0493. The highest BCUT2D eigenvalue weighted by molar-refractivity contribution is 4.77. The van der Waals surface area contributed by atoms with Gasteiger partial charge in [0.25, 0.3) is 0 Å². The molecule has 2 heteroatoms. The molecule has 11 heavy (non-hydrogen) atoms. The molecule has 0 radical (unpaired) electrons. The van der Waals surface area contributed by atoms with Crippen molar-refractivity contribution in [1.82, 2.24) is 0 Å². The van der Waals surface area contributed by atoms with E-state index in [0.717, 1.165) is 32.4 Å². The van der Waals surface area contributed by atoms with Gasteiger partial charge in [0, 0.05) is 6.61 Å². The van der Waals surface area contributed by atoms with E-state index in [0.29, 0.717) is 0 Å². The highest BCUT2D eigenvalue weighted by Gasteiger charge is 2.24. The van der Waals surface area contributed by atoms with Gasteiger partial charge in [-0.05, 0) is 32.7 Å². The van der Waals surface area contributed by atoms with E-state index < -0.39 is 0 Å².